The van der Waals surface area contributed by atoms with Gasteiger partial charge in [0.1, 0.15) is 11.6 Å². The van der Waals surface area contributed by atoms with E-state index in [-0.39, 0.29) is 12.0 Å². The fraction of sp³-hybridized carbons (Fsp3) is 0.867. The van der Waals surface area contributed by atoms with Crippen molar-refractivity contribution in [3.05, 3.63) is 0 Å². The van der Waals surface area contributed by atoms with Crippen LogP contribution in [0.15, 0.2) is 0 Å². The highest BCUT2D eigenvalue weighted by molar-refractivity contribution is 7.99. The molecule has 1 saturated carbocycles. The van der Waals surface area contributed by atoms with E-state index in [1.807, 2.05) is 0 Å². The molecule has 0 aromatic heterocycles. The first-order valence-corrected chi connectivity index (χ1v) is 8.97. The van der Waals surface area contributed by atoms with Gasteiger partial charge in [0.25, 0.3) is 0 Å². The van der Waals surface area contributed by atoms with Crippen molar-refractivity contribution in [2.45, 2.75) is 69.6 Å². The second kappa shape index (κ2) is 7.49. The van der Waals surface area contributed by atoms with Crippen LogP contribution in [0, 0.1) is 0 Å². The first-order chi connectivity index (χ1) is 10.0. The van der Waals surface area contributed by atoms with Crippen LogP contribution in [0.2, 0.25) is 0 Å². The van der Waals surface area contributed by atoms with Crippen molar-refractivity contribution in [1.29, 1.82) is 0 Å². The lowest BCUT2D eigenvalue weighted by Gasteiger charge is -2.28. The zero-order valence-corrected chi connectivity index (χ0v) is 13.4. The molecule has 2 fully saturated rings. The number of carboxylic acid groups (broad SMARTS) is 1. The van der Waals surface area contributed by atoms with Crippen molar-refractivity contribution in [1.82, 2.24) is 5.32 Å². The number of rotatable bonds is 5. The molecule has 1 saturated heterocycles. The van der Waals surface area contributed by atoms with Gasteiger partial charge in [-0.05, 0) is 31.9 Å². The van der Waals surface area contributed by atoms with Crippen molar-refractivity contribution in [2.75, 3.05) is 11.5 Å². The third-order valence-corrected chi connectivity index (χ3v) is 5.55. The summed E-state index contributed by atoms with van der Waals surface area (Å²) in [5.41, 5.74) is -1.11. The Kier molecular flexibility index (Phi) is 5.93. The molecule has 2 aliphatic rings. The van der Waals surface area contributed by atoms with Gasteiger partial charge in [0.2, 0.25) is 5.91 Å². The molecule has 1 heterocycles. The van der Waals surface area contributed by atoms with Gasteiger partial charge in [0.05, 0.1) is 6.10 Å². The van der Waals surface area contributed by atoms with Crippen molar-refractivity contribution >= 4 is 23.6 Å². The average molecular weight is 315 g/mol. The van der Waals surface area contributed by atoms with Gasteiger partial charge < -0.3 is 15.2 Å². The number of amides is 1. The molecule has 5 nitrogen and oxygen atoms in total. The highest BCUT2D eigenvalue weighted by Crippen LogP contribution is 2.28. The largest absolute Gasteiger partial charge is 0.479 e. The Morgan fingerprint density at radius 1 is 1.29 bits per heavy atom. The fourth-order valence-electron chi connectivity index (χ4n) is 2.95. The number of hydrogen-bond acceptors (Lipinski definition) is 4. The lowest BCUT2D eigenvalue weighted by Crippen LogP contribution is -2.57. The first-order valence-electron chi connectivity index (χ1n) is 7.82. The predicted molar refractivity (Wildman–Crippen MR) is 82.5 cm³/mol. The summed E-state index contributed by atoms with van der Waals surface area (Å²) in [5.74, 6) is -0.0408. The Balaban J connectivity index is 1.88. The maximum atomic E-state index is 12.3. The smallest absolute Gasteiger partial charge is 0.330 e. The summed E-state index contributed by atoms with van der Waals surface area (Å²) in [4.78, 5) is 23.7. The standard InChI is InChI=1S/C15H25NO4S/c1-11(20-12-6-4-2-3-5-7-12)13(17)16-15(14(18)19)8-9-21-10-15/h11-12H,2-10H2,1H3,(H,16,17)(H,18,19). The number of carbonyl (C=O) groups is 2. The molecule has 0 aromatic carbocycles. The van der Waals surface area contributed by atoms with Crippen molar-refractivity contribution in [3.8, 4) is 0 Å². The van der Waals surface area contributed by atoms with Gasteiger partial charge in [-0.2, -0.15) is 11.8 Å². The summed E-state index contributed by atoms with van der Waals surface area (Å²) in [5, 5.41) is 12.1. The monoisotopic (exact) mass is 315 g/mol. The van der Waals surface area contributed by atoms with E-state index >= 15 is 0 Å². The minimum absolute atomic E-state index is 0.131. The van der Waals surface area contributed by atoms with E-state index in [2.05, 4.69) is 5.32 Å². The lowest BCUT2D eigenvalue weighted by atomic mass is 9.99. The van der Waals surface area contributed by atoms with E-state index in [9.17, 15) is 14.7 Å². The number of ether oxygens (including phenoxy) is 1. The van der Waals surface area contributed by atoms with Gasteiger partial charge in [-0.15, -0.1) is 0 Å². The SMILES string of the molecule is CC(OC1CCCCCC1)C(=O)NC1(C(=O)O)CCSC1. The van der Waals surface area contributed by atoms with Crippen LogP contribution in [0.25, 0.3) is 0 Å². The molecule has 2 rings (SSSR count). The number of aliphatic carboxylic acids is 1. The Morgan fingerprint density at radius 2 is 1.95 bits per heavy atom. The lowest BCUT2D eigenvalue weighted by molar-refractivity contribution is -0.149. The number of thioether (sulfide) groups is 1. The molecular weight excluding hydrogens is 290 g/mol. The van der Waals surface area contributed by atoms with Crippen molar-refractivity contribution in [3.63, 3.8) is 0 Å². The molecule has 0 aromatic rings. The van der Waals surface area contributed by atoms with Crippen LogP contribution < -0.4 is 5.32 Å². The van der Waals surface area contributed by atoms with Crippen LogP contribution in [0.4, 0.5) is 0 Å². The Hall–Kier alpha value is -0.750. The molecule has 6 heteroatoms. The maximum Gasteiger partial charge on any atom is 0.330 e. The van der Waals surface area contributed by atoms with Crippen LogP contribution in [0.1, 0.15) is 51.9 Å². The van der Waals surface area contributed by atoms with Gasteiger partial charge in [0.15, 0.2) is 0 Å². The Bertz CT molecular complexity index is 374. The maximum absolute atomic E-state index is 12.3. The molecular formula is C15H25NO4S. The van der Waals surface area contributed by atoms with Gasteiger partial charge in [-0.25, -0.2) is 4.79 Å². The fourth-order valence-corrected chi connectivity index (χ4v) is 4.28. The van der Waals surface area contributed by atoms with E-state index < -0.39 is 17.6 Å². The quantitative estimate of drug-likeness (QED) is 0.761. The summed E-state index contributed by atoms with van der Waals surface area (Å²) in [6.45, 7) is 1.72. The van der Waals surface area contributed by atoms with E-state index in [0.29, 0.717) is 12.2 Å². The van der Waals surface area contributed by atoms with Gasteiger partial charge in [-0.1, -0.05) is 25.7 Å². The highest BCUT2D eigenvalue weighted by Gasteiger charge is 2.44. The summed E-state index contributed by atoms with van der Waals surface area (Å²) in [7, 11) is 0. The van der Waals surface area contributed by atoms with Gasteiger partial charge in [-0.3, -0.25) is 4.79 Å². The third-order valence-electron chi connectivity index (χ3n) is 4.36. The van der Waals surface area contributed by atoms with Crippen molar-refractivity contribution in [2.24, 2.45) is 0 Å². The van der Waals surface area contributed by atoms with Crippen LogP contribution in [-0.4, -0.2) is 46.2 Å². The molecule has 21 heavy (non-hydrogen) atoms. The number of hydrogen-bond donors (Lipinski definition) is 2. The van der Waals surface area contributed by atoms with E-state index in [4.69, 9.17) is 4.74 Å². The van der Waals surface area contributed by atoms with Crippen molar-refractivity contribution < 1.29 is 19.4 Å². The van der Waals surface area contributed by atoms with E-state index in [1.54, 1.807) is 18.7 Å². The van der Waals surface area contributed by atoms with Crippen LogP contribution in [0.3, 0.4) is 0 Å². The summed E-state index contributed by atoms with van der Waals surface area (Å²) in [6.07, 6.45) is 6.79. The number of nitrogens with one attached hydrogen (secondary N) is 1. The minimum atomic E-state index is -1.11. The predicted octanol–water partition coefficient (Wildman–Crippen LogP) is 2.19. The van der Waals surface area contributed by atoms with E-state index in [0.717, 1.165) is 31.4 Å². The van der Waals surface area contributed by atoms with Crippen LogP contribution >= 0.6 is 11.8 Å². The molecule has 1 amide bonds. The first kappa shape index (κ1) is 16.6. The molecule has 0 bridgehead atoms. The minimum Gasteiger partial charge on any atom is -0.479 e. The van der Waals surface area contributed by atoms with E-state index in [1.165, 1.54) is 12.8 Å². The average Bonchev–Trinajstić information content (AvgIpc) is 2.77. The molecule has 0 spiro atoms. The zero-order chi connectivity index (χ0) is 15.3. The molecule has 2 N–H and O–H groups in total. The van der Waals surface area contributed by atoms with Crippen LogP contribution in [0.5, 0.6) is 0 Å². The summed E-state index contributed by atoms with van der Waals surface area (Å²) < 4.78 is 5.86. The topological polar surface area (TPSA) is 75.6 Å². The highest BCUT2D eigenvalue weighted by atomic mass is 32.2. The van der Waals surface area contributed by atoms with Gasteiger partial charge in [0, 0.05) is 5.75 Å². The molecule has 2 unspecified atom stereocenters. The summed E-state index contributed by atoms with van der Waals surface area (Å²) in [6, 6.07) is 0. The molecule has 1 aliphatic heterocycles. The number of carbonyl (C=O) groups excluding carboxylic acids is 1. The normalized spacial score (nSPS) is 28.8. The second-order valence-electron chi connectivity index (χ2n) is 6.07. The molecule has 0 radical (unpaired) electrons. The molecule has 120 valence electrons. The summed E-state index contributed by atoms with van der Waals surface area (Å²) >= 11 is 1.57. The molecule has 1 aliphatic carbocycles. The number of carboxylic acids is 1. The second-order valence-corrected chi connectivity index (χ2v) is 7.18. The third kappa shape index (κ3) is 4.36. The van der Waals surface area contributed by atoms with Crippen LogP contribution in [-0.2, 0) is 14.3 Å². The molecule has 2 atom stereocenters. The Morgan fingerprint density at radius 3 is 2.48 bits per heavy atom. The Labute approximate surface area is 130 Å². The zero-order valence-electron chi connectivity index (χ0n) is 12.6. The van der Waals surface area contributed by atoms with Gasteiger partial charge >= 0.3 is 5.97 Å².